The Morgan fingerprint density at radius 2 is 2.00 bits per heavy atom. The lowest BCUT2D eigenvalue weighted by molar-refractivity contribution is -0.196. The lowest BCUT2D eigenvalue weighted by atomic mass is 10.3. The van der Waals surface area contributed by atoms with Crippen LogP contribution in [-0.2, 0) is 19.2 Å². The fourth-order valence-electron chi connectivity index (χ4n) is 0.630. The van der Waals surface area contributed by atoms with Crippen molar-refractivity contribution in [3.8, 4) is 0 Å². The summed E-state index contributed by atoms with van der Waals surface area (Å²) in [6.45, 7) is 3.37. The van der Waals surface area contributed by atoms with Gasteiger partial charge in [0.05, 0.1) is 0 Å². The van der Waals surface area contributed by atoms with Crippen molar-refractivity contribution in [1.82, 2.24) is 5.06 Å². The smallest absolute Gasteiger partial charge is 0.331 e. The van der Waals surface area contributed by atoms with Gasteiger partial charge < -0.3 is 4.84 Å². The van der Waals surface area contributed by atoms with E-state index < -0.39 is 11.9 Å². The molecule has 5 nitrogen and oxygen atoms in total. The normalized spacial score (nSPS) is 9.08. The van der Waals surface area contributed by atoms with Crippen molar-refractivity contribution in [2.24, 2.45) is 0 Å². The minimum Gasteiger partial charge on any atom is -0.331 e. The third-order valence-electron chi connectivity index (χ3n) is 1.29. The third kappa shape index (κ3) is 4.25. The van der Waals surface area contributed by atoms with E-state index in [1.165, 1.54) is 0 Å². The van der Waals surface area contributed by atoms with Gasteiger partial charge in [0.1, 0.15) is 0 Å². The highest BCUT2D eigenvalue weighted by atomic mass is 16.7. The second kappa shape index (κ2) is 6.16. The Bertz CT molecular complexity index is 202. The first-order chi connectivity index (χ1) is 6.15. The van der Waals surface area contributed by atoms with Crippen LogP contribution in [0.25, 0.3) is 0 Å². The molecule has 2 amide bonds. The van der Waals surface area contributed by atoms with Crippen LogP contribution in [0.2, 0.25) is 0 Å². The molecule has 0 aromatic heterocycles. The molecule has 0 aromatic rings. The molecule has 13 heavy (non-hydrogen) atoms. The first-order valence-electron chi connectivity index (χ1n) is 4.13. The van der Waals surface area contributed by atoms with E-state index in [2.05, 4.69) is 4.84 Å². The number of carbonyl (C=O) groups excluding carboxylic acids is 3. The predicted octanol–water partition coefficient (Wildman–Crippen LogP) is 0.640. The molecule has 0 heterocycles. The van der Waals surface area contributed by atoms with Gasteiger partial charge in [0.25, 0.3) is 12.3 Å². The van der Waals surface area contributed by atoms with Crippen molar-refractivity contribution in [3.05, 3.63) is 0 Å². The summed E-state index contributed by atoms with van der Waals surface area (Å²) in [6.07, 6.45) is 1.12. The molecule has 74 valence electrons. The fraction of sp³-hybridized carbons (Fsp3) is 0.625. The van der Waals surface area contributed by atoms with Crippen LogP contribution in [0, 0.1) is 0 Å². The third-order valence-corrected chi connectivity index (χ3v) is 1.29. The summed E-state index contributed by atoms with van der Waals surface area (Å²) in [5.41, 5.74) is 0. The Hall–Kier alpha value is -1.39. The van der Waals surface area contributed by atoms with Gasteiger partial charge >= 0.3 is 5.97 Å². The van der Waals surface area contributed by atoms with E-state index in [4.69, 9.17) is 0 Å². The number of hydroxylamine groups is 2. The van der Waals surface area contributed by atoms with Gasteiger partial charge in [0.15, 0.2) is 0 Å². The highest BCUT2D eigenvalue weighted by Crippen LogP contribution is 1.97. The van der Waals surface area contributed by atoms with E-state index in [1.54, 1.807) is 13.8 Å². The number of nitrogens with zero attached hydrogens (tertiary/aromatic N) is 1. The van der Waals surface area contributed by atoms with E-state index in [0.29, 0.717) is 11.5 Å². The van der Waals surface area contributed by atoms with Crippen molar-refractivity contribution in [2.75, 3.05) is 0 Å². The average molecular weight is 187 g/mol. The number of amides is 2. The van der Waals surface area contributed by atoms with E-state index in [9.17, 15) is 14.4 Å². The Balaban J connectivity index is 4.09. The van der Waals surface area contributed by atoms with Crippen LogP contribution in [0.4, 0.5) is 0 Å². The topological polar surface area (TPSA) is 63.7 Å². The van der Waals surface area contributed by atoms with Crippen molar-refractivity contribution in [1.29, 1.82) is 0 Å². The van der Waals surface area contributed by atoms with E-state index in [0.717, 1.165) is 0 Å². The molecule has 0 saturated carbocycles. The molecule has 0 aliphatic rings. The zero-order valence-corrected chi connectivity index (χ0v) is 7.78. The summed E-state index contributed by atoms with van der Waals surface area (Å²) in [5.74, 6) is -1.10. The summed E-state index contributed by atoms with van der Waals surface area (Å²) in [7, 11) is 0. The molecule has 0 atom stereocenters. The Morgan fingerprint density at radius 3 is 2.38 bits per heavy atom. The monoisotopic (exact) mass is 187 g/mol. The average Bonchev–Trinajstić information content (AvgIpc) is 2.14. The SMILES string of the molecule is CCCC(=O)N(C=O)OC(=O)CC. The molecule has 0 fully saturated rings. The molecule has 0 N–H and O–H groups in total. The maximum absolute atomic E-state index is 11.0. The van der Waals surface area contributed by atoms with Gasteiger partial charge in [0, 0.05) is 12.8 Å². The minimum absolute atomic E-state index is 0.129. The largest absolute Gasteiger partial charge is 0.332 e. The number of imide groups is 1. The molecule has 0 aromatic carbocycles. The van der Waals surface area contributed by atoms with Crippen LogP contribution >= 0.6 is 0 Å². The van der Waals surface area contributed by atoms with Crippen molar-refractivity contribution < 1.29 is 19.2 Å². The molecule has 0 saturated heterocycles. The summed E-state index contributed by atoms with van der Waals surface area (Å²) < 4.78 is 0. The second-order valence-corrected chi connectivity index (χ2v) is 2.39. The van der Waals surface area contributed by atoms with E-state index >= 15 is 0 Å². The lowest BCUT2D eigenvalue weighted by Gasteiger charge is -2.12. The van der Waals surface area contributed by atoms with Crippen LogP contribution in [0.3, 0.4) is 0 Å². The molecular formula is C8H13NO4. The van der Waals surface area contributed by atoms with Gasteiger partial charge in [0.2, 0.25) is 0 Å². The maximum atomic E-state index is 11.0. The summed E-state index contributed by atoms with van der Waals surface area (Å²) in [4.78, 5) is 36.5. The summed E-state index contributed by atoms with van der Waals surface area (Å²) >= 11 is 0. The Kier molecular flexibility index (Phi) is 5.50. The molecular weight excluding hydrogens is 174 g/mol. The van der Waals surface area contributed by atoms with Gasteiger partial charge in [-0.1, -0.05) is 13.8 Å². The van der Waals surface area contributed by atoms with Crippen molar-refractivity contribution >= 4 is 18.3 Å². The fourth-order valence-corrected chi connectivity index (χ4v) is 0.630. The van der Waals surface area contributed by atoms with Crippen molar-refractivity contribution in [2.45, 2.75) is 33.1 Å². The summed E-state index contributed by atoms with van der Waals surface area (Å²) in [6, 6.07) is 0. The molecule has 5 heteroatoms. The van der Waals surface area contributed by atoms with E-state index in [-0.39, 0.29) is 19.3 Å². The van der Waals surface area contributed by atoms with Crippen LogP contribution in [0.1, 0.15) is 33.1 Å². The molecule has 0 aliphatic heterocycles. The number of carbonyl (C=O) groups is 3. The highest BCUT2D eigenvalue weighted by Gasteiger charge is 2.15. The Morgan fingerprint density at radius 1 is 1.38 bits per heavy atom. The Labute approximate surface area is 76.6 Å². The molecule has 0 rings (SSSR count). The van der Waals surface area contributed by atoms with Gasteiger partial charge in [-0.3, -0.25) is 9.59 Å². The van der Waals surface area contributed by atoms with Crippen LogP contribution in [0.15, 0.2) is 0 Å². The van der Waals surface area contributed by atoms with Gasteiger partial charge in [-0.15, -0.1) is 5.06 Å². The highest BCUT2D eigenvalue weighted by molar-refractivity contribution is 5.86. The number of hydrogen-bond acceptors (Lipinski definition) is 4. The molecule has 0 unspecified atom stereocenters. The maximum Gasteiger partial charge on any atom is 0.332 e. The first kappa shape index (κ1) is 11.6. The van der Waals surface area contributed by atoms with Crippen LogP contribution in [-0.4, -0.2) is 23.3 Å². The van der Waals surface area contributed by atoms with Gasteiger partial charge in [-0.05, 0) is 6.42 Å². The predicted molar refractivity (Wildman–Crippen MR) is 44.2 cm³/mol. The van der Waals surface area contributed by atoms with Gasteiger partial charge in [-0.25, -0.2) is 4.79 Å². The molecule has 0 radical (unpaired) electrons. The molecule has 0 spiro atoms. The van der Waals surface area contributed by atoms with Crippen LogP contribution in [0.5, 0.6) is 0 Å². The van der Waals surface area contributed by atoms with Gasteiger partial charge in [-0.2, -0.15) is 0 Å². The van der Waals surface area contributed by atoms with E-state index in [1.807, 2.05) is 0 Å². The second-order valence-electron chi connectivity index (χ2n) is 2.39. The van der Waals surface area contributed by atoms with Crippen molar-refractivity contribution in [3.63, 3.8) is 0 Å². The zero-order valence-electron chi connectivity index (χ0n) is 7.78. The zero-order chi connectivity index (χ0) is 10.3. The molecule has 0 aliphatic carbocycles. The lowest BCUT2D eigenvalue weighted by Crippen LogP contribution is -2.31. The minimum atomic E-state index is -0.600. The standard InChI is InChI=1S/C8H13NO4/c1-3-5-7(11)9(6-10)13-8(12)4-2/h6H,3-5H2,1-2H3. The number of hydrogen-bond donors (Lipinski definition) is 0. The number of rotatable bonds is 4. The first-order valence-corrected chi connectivity index (χ1v) is 4.13. The summed E-state index contributed by atoms with van der Waals surface area (Å²) in [5, 5.41) is 0.440. The van der Waals surface area contributed by atoms with Crippen LogP contribution < -0.4 is 0 Å². The molecule has 0 bridgehead atoms. The quantitative estimate of drug-likeness (QED) is 0.478.